The highest BCUT2D eigenvalue weighted by molar-refractivity contribution is 8.77. The second kappa shape index (κ2) is 55.0. The molecule has 14 nitrogen and oxygen atoms in total. The van der Waals surface area contributed by atoms with E-state index in [9.17, 15) is 24.0 Å². The highest BCUT2D eigenvalue weighted by Crippen LogP contribution is 2.24. The molecule has 24 heteroatoms. The van der Waals surface area contributed by atoms with Crippen molar-refractivity contribution in [3.8, 4) is 0 Å². The average molecular weight is 1120 g/mol. The van der Waals surface area contributed by atoms with Gasteiger partial charge in [-0.3, -0.25) is 28.9 Å². The molecule has 0 atom stereocenters. The number of nitrogens with zero attached hydrogens (tertiary/aromatic N) is 3. The van der Waals surface area contributed by atoms with Crippen LogP contribution in [0.2, 0.25) is 0 Å². The monoisotopic (exact) mass is 1120 g/mol. The van der Waals surface area contributed by atoms with E-state index in [0.29, 0.717) is 76.5 Å². The number of aliphatic hydroxyl groups is 1. The van der Waals surface area contributed by atoms with Gasteiger partial charge in [-0.1, -0.05) is 143 Å². The highest BCUT2D eigenvalue weighted by Gasteiger charge is 2.12. The Morgan fingerprint density at radius 2 is 0.712 bits per heavy atom. The van der Waals surface area contributed by atoms with E-state index in [1.807, 2.05) is 28.6 Å². The van der Waals surface area contributed by atoms with E-state index in [0.717, 1.165) is 111 Å². The van der Waals surface area contributed by atoms with Crippen LogP contribution in [0.15, 0.2) is 0 Å². The number of hydrogen-bond donors (Lipinski definition) is 6. The second-order valence-electron chi connectivity index (χ2n) is 14.3. The van der Waals surface area contributed by atoms with Gasteiger partial charge >= 0.3 is 0 Å². The lowest BCUT2D eigenvalue weighted by molar-refractivity contribution is -0.121. The summed E-state index contributed by atoms with van der Waals surface area (Å²) in [5.74, 6) is 9.18. The summed E-state index contributed by atoms with van der Waals surface area (Å²) in [5, 5.41) is 23.8. The minimum absolute atomic E-state index is 0.0366. The predicted molar refractivity (Wildman–Crippen MR) is 308 cm³/mol. The third kappa shape index (κ3) is 52.5. The van der Waals surface area contributed by atoms with Gasteiger partial charge in [-0.2, -0.15) is 0 Å². The summed E-state index contributed by atoms with van der Waals surface area (Å²) in [6, 6.07) is 0. The zero-order chi connectivity index (χ0) is 49.1. The quantitative estimate of drug-likeness (QED) is 0.0277. The molecule has 0 rings (SSSR count). The minimum Gasteiger partial charge on any atom is -0.395 e. The Kier molecular flexibility index (Phi) is 57.3. The van der Waals surface area contributed by atoms with Gasteiger partial charge in [-0.15, -0.1) is 0 Å². The van der Waals surface area contributed by atoms with Crippen LogP contribution in [0.4, 0.5) is 0 Å². The van der Waals surface area contributed by atoms with Crippen molar-refractivity contribution in [1.82, 2.24) is 41.3 Å². The molecule has 6 N–H and O–H groups in total. The van der Waals surface area contributed by atoms with E-state index < -0.39 is 0 Å². The molecule has 66 heavy (non-hydrogen) atoms. The van der Waals surface area contributed by atoms with Gasteiger partial charge in [0.1, 0.15) is 0 Å². The fraction of sp³-hybridized carbons (Fsp3) is 0.881. The Bertz CT molecular complexity index is 1140. The lowest BCUT2D eigenvalue weighted by atomic mass is 10.3. The number of hydrogen-bond acceptors (Lipinski definition) is 19. The summed E-state index contributed by atoms with van der Waals surface area (Å²) >= 11 is 0. The fourth-order valence-corrected chi connectivity index (χ4v) is 14.2. The van der Waals surface area contributed by atoms with Gasteiger partial charge < -0.3 is 41.5 Å². The smallest absolute Gasteiger partial charge is 0.230 e. The first kappa shape index (κ1) is 68.8. The van der Waals surface area contributed by atoms with E-state index in [1.54, 1.807) is 86.4 Å². The van der Waals surface area contributed by atoms with Crippen LogP contribution in [0.5, 0.6) is 0 Å². The molecule has 0 saturated carbocycles. The van der Waals surface area contributed by atoms with E-state index in [4.69, 9.17) is 5.11 Å². The molecule has 0 aromatic heterocycles. The van der Waals surface area contributed by atoms with Crippen molar-refractivity contribution in [2.75, 3.05) is 156 Å². The largest absolute Gasteiger partial charge is 0.395 e. The Morgan fingerprint density at radius 3 is 1.09 bits per heavy atom. The maximum atomic E-state index is 12.3. The Hall–Kier alpha value is 0.690. The van der Waals surface area contributed by atoms with Crippen molar-refractivity contribution < 1.29 is 29.1 Å². The zero-order valence-electron chi connectivity index (χ0n) is 40.8. The van der Waals surface area contributed by atoms with Crippen molar-refractivity contribution in [2.24, 2.45) is 0 Å². The standard InChI is InChI=1S/C28H57N5O4S6.C14H29N3O2S4/c1-4-13-32(14-10-29-26(35)7-22-40-38-20-5-2)17-18-33(15-11-30-27(36)8-23-41-39-21-6-3)16-12-31-28(37)9-24-42-43-25-19-34;1-4-20-22-11-6-13(18)15-7-9-17(3)10-8-16-14(19)12-23-21-5-2/h34H,4-25H2,1-3H3,(H,29,35)(H,30,36)(H,31,37);4-12H2,1-3H3,(H,15,18)(H,16,19). The van der Waals surface area contributed by atoms with Crippen LogP contribution in [-0.2, 0) is 24.0 Å². The molecule has 0 aromatic carbocycles. The number of rotatable bonds is 47. The molecule has 5 amide bonds. The van der Waals surface area contributed by atoms with Crippen molar-refractivity contribution in [1.29, 1.82) is 0 Å². The summed E-state index contributed by atoms with van der Waals surface area (Å²) < 4.78 is 0. The third-order valence-corrected chi connectivity index (χ3v) is 20.8. The number of amides is 5. The molecule has 0 fully saturated rings. The van der Waals surface area contributed by atoms with Crippen LogP contribution < -0.4 is 26.6 Å². The van der Waals surface area contributed by atoms with Gasteiger partial charge in [0.15, 0.2) is 0 Å². The lowest BCUT2D eigenvalue weighted by Crippen LogP contribution is -2.44. The molecule has 0 aliphatic carbocycles. The normalized spacial score (nSPS) is 11.1. The van der Waals surface area contributed by atoms with E-state index in [-0.39, 0.29) is 36.1 Å². The average Bonchev–Trinajstić information content (AvgIpc) is 3.29. The summed E-state index contributed by atoms with van der Waals surface area (Å²) in [6.45, 7) is 20.4. The van der Waals surface area contributed by atoms with Crippen LogP contribution in [0.25, 0.3) is 0 Å². The molecule has 0 bridgehead atoms. The fourth-order valence-electron chi connectivity index (χ4n) is 5.03. The first-order chi connectivity index (χ1) is 32.1. The molecule has 0 radical (unpaired) electrons. The molecule has 0 spiro atoms. The molecule has 0 saturated heterocycles. The third-order valence-electron chi connectivity index (χ3n) is 8.40. The number of carbonyl (C=O) groups excluding carboxylic acids is 5. The van der Waals surface area contributed by atoms with E-state index in [1.165, 1.54) is 0 Å². The van der Waals surface area contributed by atoms with Crippen LogP contribution in [0, 0.1) is 0 Å². The molecule has 0 unspecified atom stereocenters. The van der Waals surface area contributed by atoms with Gasteiger partial charge in [0.25, 0.3) is 0 Å². The molecular weight excluding hydrogens is 1030 g/mol. The zero-order valence-corrected chi connectivity index (χ0v) is 49.0. The number of carbonyl (C=O) groups is 5. The molecular formula is C42H86N8O6S10. The van der Waals surface area contributed by atoms with Crippen LogP contribution >= 0.6 is 108 Å². The Balaban J connectivity index is 0. The molecule has 390 valence electrons. The SMILES string of the molecule is CCCSSCCC(=O)NCCN(CCC)CCN(CCNC(=O)CCSSCCC)CCNC(=O)CCSSCCO.CCSSCCC(=O)NCCN(C)CCNC(=O)CSSCC. The molecule has 0 heterocycles. The van der Waals surface area contributed by atoms with Gasteiger partial charge in [-0.25, -0.2) is 0 Å². The van der Waals surface area contributed by atoms with Crippen molar-refractivity contribution in [3.05, 3.63) is 0 Å². The van der Waals surface area contributed by atoms with E-state index in [2.05, 4.69) is 75.9 Å². The van der Waals surface area contributed by atoms with Gasteiger partial charge in [0.2, 0.25) is 29.5 Å². The van der Waals surface area contributed by atoms with Gasteiger partial charge in [0, 0.05) is 156 Å². The highest BCUT2D eigenvalue weighted by atomic mass is 33.1. The van der Waals surface area contributed by atoms with Crippen LogP contribution in [-0.4, -0.2) is 206 Å². The molecule has 0 aliphatic rings. The van der Waals surface area contributed by atoms with Crippen LogP contribution in [0.1, 0.15) is 79.6 Å². The molecule has 0 aliphatic heterocycles. The first-order valence-corrected chi connectivity index (χ1v) is 35.8. The van der Waals surface area contributed by atoms with Crippen molar-refractivity contribution in [2.45, 2.75) is 79.6 Å². The summed E-state index contributed by atoms with van der Waals surface area (Å²) in [4.78, 5) is 66.7. The molecule has 0 aromatic rings. The lowest BCUT2D eigenvalue weighted by Gasteiger charge is -2.28. The summed E-state index contributed by atoms with van der Waals surface area (Å²) in [7, 11) is 19.2. The van der Waals surface area contributed by atoms with Crippen molar-refractivity contribution >= 4 is 137 Å². The Morgan fingerprint density at radius 1 is 0.379 bits per heavy atom. The van der Waals surface area contributed by atoms with Gasteiger partial charge in [-0.05, 0) is 32.9 Å². The Labute approximate surface area is 440 Å². The number of likely N-dealkylation sites (N-methyl/N-ethyl adjacent to an activating group) is 1. The first-order valence-electron chi connectivity index (χ1n) is 23.4. The minimum atomic E-state index is 0.0366. The number of aliphatic hydroxyl groups excluding tert-OH is 1. The topological polar surface area (TPSA) is 175 Å². The number of nitrogens with one attached hydrogen (secondary N) is 5. The summed E-state index contributed by atoms with van der Waals surface area (Å²) in [5.41, 5.74) is 0. The van der Waals surface area contributed by atoms with Crippen molar-refractivity contribution in [3.63, 3.8) is 0 Å². The predicted octanol–water partition coefficient (Wildman–Crippen LogP) is 6.82. The van der Waals surface area contributed by atoms with E-state index >= 15 is 0 Å². The van der Waals surface area contributed by atoms with Crippen LogP contribution in [0.3, 0.4) is 0 Å². The van der Waals surface area contributed by atoms with Gasteiger partial charge in [0.05, 0.1) is 12.4 Å². The summed E-state index contributed by atoms with van der Waals surface area (Å²) in [6.07, 6.45) is 5.44. The maximum Gasteiger partial charge on any atom is 0.230 e. The maximum absolute atomic E-state index is 12.3. The second-order valence-corrected chi connectivity index (χ2v) is 28.0.